The van der Waals surface area contributed by atoms with Crippen LogP contribution in [0.1, 0.15) is 58.6 Å². The lowest BCUT2D eigenvalue weighted by Gasteiger charge is -2.24. The number of pyridine rings is 1. The Kier molecular flexibility index (Phi) is 6.97. The van der Waals surface area contributed by atoms with Crippen molar-refractivity contribution in [3.8, 4) is 0 Å². The van der Waals surface area contributed by atoms with Gasteiger partial charge in [-0.05, 0) is 61.9 Å². The van der Waals surface area contributed by atoms with E-state index in [0.717, 1.165) is 29.5 Å². The molecule has 0 atom stereocenters. The Balaban J connectivity index is 1.35. The van der Waals surface area contributed by atoms with Gasteiger partial charge in [-0.2, -0.15) is 0 Å². The van der Waals surface area contributed by atoms with Gasteiger partial charge in [0.15, 0.2) is 17.1 Å². The number of aliphatic carboxylic acids is 1. The van der Waals surface area contributed by atoms with E-state index in [0.29, 0.717) is 41.9 Å². The van der Waals surface area contributed by atoms with Crippen molar-refractivity contribution in [3.05, 3.63) is 101 Å². The highest BCUT2D eigenvalue weighted by Crippen LogP contribution is 2.34. The molecule has 2 aromatic heterocycles. The Labute approximate surface area is 215 Å². The SMILES string of the molecule is Cc1ccc(C(=O)c2nc3cccnc3n2C/C=C/c2cccc(COC3(C(=O)O)CCCC3)c2)cc1. The van der Waals surface area contributed by atoms with Gasteiger partial charge >= 0.3 is 5.97 Å². The van der Waals surface area contributed by atoms with Crippen LogP contribution in [-0.4, -0.2) is 37.0 Å². The number of aromatic nitrogens is 3. The number of hydrogen-bond acceptors (Lipinski definition) is 5. The van der Waals surface area contributed by atoms with E-state index in [1.54, 1.807) is 6.20 Å². The molecule has 2 aromatic carbocycles. The number of aryl methyl sites for hydroxylation is 1. The molecule has 0 radical (unpaired) electrons. The van der Waals surface area contributed by atoms with Crippen LogP contribution in [0.25, 0.3) is 17.2 Å². The zero-order valence-electron chi connectivity index (χ0n) is 20.8. The molecule has 1 saturated carbocycles. The van der Waals surface area contributed by atoms with E-state index in [-0.39, 0.29) is 12.4 Å². The van der Waals surface area contributed by atoms with Crippen molar-refractivity contribution in [3.63, 3.8) is 0 Å². The van der Waals surface area contributed by atoms with Gasteiger partial charge < -0.3 is 14.4 Å². The number of ether oxygens (including phenoxy) is 1. The molecule has 1 N–H and O–H groups in total. The summed E-state index contributed by atoms with van der Waals surface area (Å²) in [6, 6.07) is 19.0. The first-order valence-electron chi connectivity index (χ1n) is 12.5. The van der Waals surface area contributed by atoms with Gasteiger partial charge in [-0.25, -0.2) is 14.8 Å². The molecule has 5 rings (SSSR count). The molecule has 2 heterocycles. The molecule has 1 aliphatic rings. The molecule has 7 nitrogen and oxygen atoms in total. The predicted octanol–water partition coefficient (Wildman–Crippen LogP) is 5.60. The maximum Gasteiger partial charge on any atom is 0.335 e. The van der Waals surface area contributed by atoms with Gasteiger partial charge in [0.25, 0.3) is 0 Å². The van der Waals surface area contributed by atoms with E-state index in [2.05, 4.69) is 9.97 Å². The molecule has 188 valence electrons. The van der Waals surface area contributed by atoms with E-state index in [1.165, 1.54) is 0 Å². The normalized spacial score (nSPS) is 14.9. The second kappa shape index (κ2) is 10.5. The average Bonchev–Trinajstić information content (AvgIpc) is 3.54. The standard InChI is InChI=1S/C30H29N3O4/c1-21-11-13-24(14-12-21)26(34)28-32-25-10-5-17-31-27(25)33(28)18-6-9-22-7-4-8-23(19-22)20-37-30(29(35)36)15-2-3-16-30/h4-14,17,19H,2-3,15-16,18,20H2,1H3,(H,35,36)/b9-6+. The molecule has 7 heteroatoms. The number of carboxylic acids is 1. The van der Waals surface area contributed by atoms with Crippen molar-refractivity contribution in [1.82, 2.24) is 14.5 Å². The van der Waals surface area contributed by atoms with Crippen molar-refractivity contribution in [2.75, 3.05) is 0 Å². The summed E-state index contributed by atoms with van der Waals surface area (Å²) >= 11 is 0. The van der Waals surface area contributed by atoms with Crippen LogP contribution in [0, 0.1) is 6.92 Å². The molecule has 0 amide bonds. The third kappa shape index (κ3) is 5.22. The lowest BCUT2D eigenvalue weighted by atomic mass is 10.0. The van der Waals surface area contributed by atoms with Gasteiger partial charge in [-0.1, -0.05) is 60.2 Å². The molecular weight excluding hydrogens is 466 g/mol. The Bertz CT molecular complexity index is 1460. The minimum atomic E-state index is -1.07. The first kappa shape index (κ1) is 24.6. The summed E-state index contributed by atoms with van der Waals surface area (Å²) in [7, 11) is 0. The molecule has 0 aliphatic heterocycles. The van der Waals surface area contributed by atoms with Crippen molar-refractivity contribution >= 4 is 29.0 Å². The Morgan fingerprint density at radius 3 is 2.62 bits per heavy atom. The summed E-state index contributed by atoms with van der Waals surface area (Å²) < 4.78 is 7.75. The van der Waals surface area contributed by atoms with Crippen LogP contribution in [0.2, 0.25) is 0 Å². The van der Waals surface area contributed by atoms with Gasteiger partial charge in [0, 0.05) is 18.3 Å². The molecule has 0 spiro atoms. The molecule has 4 aromatic rings. The number of nitrogens with zero attached hydrogens (tertiary/aromatic N) is 3. The van der Waals surface area contributed by atoms with E-state index in [1.807, 2.05) is 84.3 Å². The Morgan fingerprint density at radius 1 is 1.08 bits per heavy atom. The quantitative estimate of drug-likeness (QED) is 0.304. The van der Waals surface area contributed by atoms with Crippen LogP contribution < -0.4 is 0 Å². The Morgan fingerprint density at radius 2 is 1.86 bits per heavy atom. The number of fused-ring (bicyclic) bond motifs is 1. The van der Waals surface area contributed by atoms with Gasteiger partial charge in [0.1, 0.15) is 5.52 Å². The van der Waals surface area contributed by atoms with Crippen molar-refractivity contribution in [1.29, 1.82) is 0 Å². The van der Waals surface area contributed by atoms with Crippen LogP contribution in [0.5, 0.6) is 0 Å². The van der Waals surface area contributed by atoms with Gasteiger partial charge in [-0.15, -0.1) is 0 Å². The Hall–Kier alpha value is -4.10. The molecule has 0 bridgehead atoms. The number of carboxylic acid groups (broad SMARTS) is 1. The smallest absolute Gasteiger partial charge is 0.335 e. The van der Waals surface area contributed by atoms with Crippen LogP contribution in [-0.2, 0) is 22.7 Å². The van der Waals surface area contributed by atoms with E-state index in [4.69, 9.17) is 4.74 Å². The maximum atomic E-state index is 13.3. The number of carbonyl (C=O) groups excluding carboxylic acids is 1. The number of rotatable bonds is 9. The second-order valence-electron chi connectivity index (χ2n) is 9.53. The van der Waals surface area contributed by atoms with Crippen molar-refractivity contribution < 1.29 is 19.4 Å². The number of ketones is 1. The molecule has 1 aliphatic carbocycles. The predicted molar refractivity (Wildman–Crippen MR) is 141 cm³/mol. The van der Waals surface area contributed by atoms with Crippen molar-refractivity contribution in [2.24, 2.45) is 0 Å². The second-order valence-corrected chi connectivity index (χ2v) is 9.53. The fourth-order valence-corrected chi connectivity index (χ4v) is 4.81. The first-order chi connectivity index (χ1) is 17.9. The lowest BCUT2D eigenvalue weighted by Crippen LogP contribution is -2.38. The van der Waals surface area contributed by atoms with E-state index >= 15 is 0 Å². The summed E-state index contributed by atoms with van der Waals surface area (Å²) in [5, 5.41) is 9.65. The summed E-state index contributed by atoms with van der Waals surface area (Å²) in [5.74, 6) is -0.678. The minimum absolute atomic E-state index is 0.148. The molecule has 37 heavy (non-hydrogen) atoms. The lowest BCUT2D eigenvalue weighted by molar-refractivity contribution is -0.167. The van der Waals surface area contributed by atoms with Crippen LogP contribution in [0.15, 0.2) is 72.9 Å². The summed E-state index contributed by atoms with van der Waals surface area (Å²) in [6.45, 7) is 2.65. The zero-order valence-corrected chi connectivity index (χ0v) is 20.8. The first-order valence-corrected chi connectivity index (χ1v) is 12.5. The highest BCUT2D eigenvalue weighted by atomic mass is 16.5. The number of allylic oxidation sites excluding steroid dienone is 1. The fraction of sp³-hybridized carbons (Fsp3) is 0.267. The maximum absolute atomic E-state index is 13.3. The van der Waals surface area contributed by atoms with Crippen LogP contribution in [0.3, 0.4) is 0 Å². The van der Waals surface area contributed by atoms with Crippen LogP contribution >= 0.6 is 0 Å². The topological polar surface area (TPSA) is 94.3 Å². The third-order valence-corrected chi connectivity index (χ3v) is 6.89. The molecule has 1 fully saturated rings. The average molecular weight is 496 g/mol. The fourth-order valence-electron chi connectivity index (χ4n) is 4.81. The minimum Gasteiger partial charge on any atom is -0.479 e. The van der Waals surface area contributed by atoms with Gasteiger partial charge in [-0.3, -0.25) is 4.79 Å². The number of benzene rings is 2. The summed E-state index contributed by atoms with van der Waals surface area (Å²) in [4.78, 5) is 34.1. The summed E-state index contributed by atoms with van der Waals surface area (Å²) in [5.41, 5.74) is 3.80. The molecule has 0 saturated heterocycles. The largest absolute Gasteiger partial charge is 0.479 e. The van der Waals surface area contributed by atoms with Crippen molar-refractivity contribution in [2.45, 2.75) is 51.4 Å². The van der Waals surface area contributed by atoms with E-state index < -0.39 is 11.6 Å². The molecule has 0 unspecified atom stereocenters. The number of carbonyl (C=O) groups is 2. The highest BCUT2D eigenvalue weighted by molar-refractivity contribution is 6.08. The number of hydrogen-bond donors (Lipinski definition) is 1. The highest BCUT2D eigenvalue weighted by Gasteiger charge is 2.42. The van der Waals surface area contributed by atoms with Gasteiger partial charge in [0.05, 0.1) is 6.61 Å². The molecular formula is C30H29N3O4. The number of imidazole rings is 1. The van der Waals surface area contributed by atoms with Crippen LogP contribution in [0.4, 0.5) is 0 Å². The summed E-state index contributed by atoms with van der Waals surface area (Å²) in [6.07, 6.45) is 8.50. The zero-order chi connectivity index (χ0) is 25.8. The monoisotopic (exact) mass is 495 g/mol. The van der Waals surface area contributed by atoms with E-state index in [9.17, 15) is 14.7 Å². The van der Waals surface area contributed by atoms with Gasteiger partial charge in [0.2, 0.25) is 5.78 Å². The third-order valence-electron chi connectivity index (χ3n) is 6.89.